The maximum atomic E-state index is 14.6. The van der Waals surface area contributed by atoms with E-state index >= 15 is 0 Å². The van der Waals surface area contributed by atoms with Crippen molar-refractivity contribution in [2.24, 2.45) is 0 Å². The van der Waals surface area contributed by atoms with E-state index in [9.17, 15) is 8.78 Å². The summed E-state index contributed by atoms with van der Waals surface area (Å²) >= 11 is 0. The molecular formula is C23H22F2O. The van der Waals surface area contributed by atoms with Crippen LogP contribution in [0.3, 0.4) is 0 Å². The molecule has 3 heteroatoms. The summed E-state index contributed by atoms with van der Waals surface area (Å²) in [6, 6.07) is 14.8. The minimum atomic E-state index is -0.772. The molecule has 3 rings (SSSR count). The number of fused-ring (bicyclic) bond motifs is 1. The molecule has 3 aromatic rings. The monoisotopic (exact) mass is 352 g/mol. The predicted molar refractivity (Wildman–Crippen MR) is 104 cm³/mol. The molecule has 134 valence electrons. The van der Waals surface area contributed by atoms with Gasteiger partial charge in [-0.05, 0) is 73.0 Å². The molecule has 0 saturated carbocycles. The molecule has 0 radical (unpaired) electrons. The van der Waals surface area contributed by atoms with E-state index in [1.54, 1.807) is 12.1 Å². The maximum Gasteiger partial charge on any atom is 0.166 e. The van der Waals surface area contributed by atoms with Gasteiger partial charge in [-0.1, -0.05) is 36.4 Å². The third-order valence-corrected chi connectivity index (χ3v) is 4.41. The van der Waals surface area contributed by atoms with E-state index in [1.165, 1.54) is 0 Å². The summed E-state index contributed by atoms with van der Waals surface area (Å²) in [5, 5.41) is 1.03. The highest BCUT2D eigenvalue weighted by Gasteiger charge is 2.14. The molecule has 0 amide bonds. The Labute approximate surface area is 152 Å². The van der Waals surface area contributed by atoms with Crippen LogP contribution in [0.1, 0.15) is 25.8 Å². The SMILES string of the molecule is C/C=C/CCc1cc2ccc(-c3ccc(OCC)cc3)cc2c(F)c1F. The van der Waals surface area contributed by atoms with Gasteiger partial charge in [-0.2, -0.15) is 0 Å². The van der Waals surface area contributed by atoms with Crippen LogP contribution < -0.4 is 4.74 Å². The lowest BCUT2D eigenvalue weighted by Crippen LogP contribution is -1.96. The van der Waals surface area contributed by atoms with E-state index in [2.05, 4.69) is 0 Å². The van der Waals surface area contributed by atoms with Crippen molar-refractivity contribution in [3.8, 4) is 16.9 Å². The normalized spacial score (nSPS) is 11.4. The molecule has 0 heterocycles. The van der Waals surface area contributed by atoms with Crippen LogP contribution in [-0.2, 0) is 6.42 Å². The molecule has 3 aromatic carbocycles. The quantitative estimate of drug-likeness (QED) is 0.449. The lowest BCUT2D eigenvalue weighted by molar-refractivity contribution is 0.340. The van der Waals surface area contributed by atoms with Crippen molar-refractivity contribution >= 4 is 10.8 Å². The second-order valence-corrected chi connectivity index (χ2v) is 6.16. The van der Waals surface area contributed by atoms with Crippen molar-refractivity contribution in [3.05, 3.63) is 77.9 Å². The highest BCUT2D eigenvalue weighted by Crippen LogP contribution is 2.30. The van der Waals surface area contributed by atoms with Crippen molar-refractivity contribution in [1.29, 1.82) is 0 Å². The van der Waals surface area contributed by atoms with Gasteiger partial charge in [-0.25, -0.2) is 8.78 Å². The van der Waals surface area contributed by atoms with Gasteiger partial charge in [0.1, 0.15) is 5.75 Å². The van der Waals surface area contributed by atoms with Crippen LogP contribution in [0, 0.1) is 11.6 Å². The zero-order valence-corrected chi connectivity index (χ0v) is 15.1. The van der Waals surface area contributed by atoms with Crippen molar-refractivity contribution in [2.75, 3.05) is 6.61 Å². The van der Waals surface area contributed by atoms with Gasteiger partial charge < -0.3 is 4.74 Å². The summed E-state index contributed by atoms with van der Waals surface area (Å²) in [5.74, 6) is -0.725. The summed E-state index contributed by atoms with van der Waals surface area (Å²) in [4.78, 5) is 0. The van der Waals surface area contributed by atoms with Gasteiger partial charge in [0.2, 0.25) is 0 Å². The van der Waals surface area contributed by atoms with E-state index in [0.717, 1.165) is 16.9 Å². The first-order valence-electron chi connectivity index (χ1n) is 8.89. The van der Waals surface area contributed by atoms with E-state index < -0.39 is 11.6 Å². The van der Waals surface area contributed by atoms with Crippen molar-refractivity contribution in [1.82, 2.24) is 0 Å². The predicted octanol–water partition coefficient (Wildman–Crippen LogP) is 6.69. The number of benzene rings is 3. The molecule has 0 N–H and O–H groups in total. The molecule has 0 aliphatic carbocycles. The van der Waals surface area contributed by atoms with E-state index in [0.29, 0.717) is 35.8 Å². The Bertz CT molecular complexity index is 927. The second-order valence-electron chi connectivity index (χ2n) is 6.16. The van der Waals surface area contributed by atoms with Crippen molar-refractivity contribution in [2.45, 2.75) is 26.7 Å². The molecule has 1 nitrogen and oxygen atoms in total. The Hall–Kier alpha value is -2.68. The topological polar surface area (TPSA) is 9.23 Å². The van der Waals surface area contributed by atoms with Crippen LogP contribution in [0.15, 0.2) is 60.7 Å². The van der Waals surface area contributed by atoms with Crippen LogP contribution in [-0.4, -0.2) is 6.61 Å². The van der Waals surface area contributed by atoms with E-state index in [-0.39, 0.29) is 0 Å². The molecule has 0 saturated heterocycles. The lowest BCUT2D eigenvalue weighted by Gasteiger charge is -2.10. The third kappa shape index (κ3) is 3.77. The Morgan fingerprint density at radius 3 is 2.35 bits per heavy atom. The molecular weight excluding hydrogens is 330 g/mol. The zero-order valence-electron chi connectivity index (χ0n) is 15.1. The minimum Gasteiger partial charge on any atom is -0.494 e. The average Bonchev–Trinajstić information content (AvgIpc) is 2.66. The van der Waals surface area contributed by atoms with Gasteiger partial charge in [0, 0.05) is 5.39 Å². The van der Waals surface area contributed by atoms with Crippen LogP contribution in [0.5, 0.6) is 5.75 Å². The largest absolute Gasteiger partial charge is 0.494 e. The number of ether oxygens (including phenoxy) is 1. The van der Waals surface area contributed by atoms with Crippen molar-refractivity contribution in [3.63, 3.8) is 0 Å². The second kappa shape index (κ2) is 8.13. The smallest absolute Gasteiger partial charge is 0.166 e. The molecule has 0 aromatic heterocycles. The number of rotatable bonds is 6. The summed E-state index contributed by atoms with van der Waals surface area (Å²) in [6.07, 6.45) is 5.06. The summed E-state index contributed by atoms with van der Waals surface area (Å²) in [5.41, 5.74) is 2.20. The van der Waals surface area contributed by atoms with Gasteiger partial charge >= 0.3 is 0 Å². The van der Waals surface area contributed by atoms with E-state index in [4.69, 9.17) is 4.74 Å². The van der Waals surface area contributed by atoms with Gasteiger partial charge in [-0.3, -0.25) is 0 Å². The molecule has 26 heavy (non-hydrogen) atoms. The fraction of sp³-hybridized carbons (Fsp3) is 0.217. The number of allylic oxidation sites excluding steroid dienone is 2. The van der Waals surface area contributed by atoms with Crippen LogP contribution >= 0.6 is 0 Å². The zero-order chi connectivity index (χ0) is 18.5. The Morgan fingerprint density at radius 1 is 0.923 bits per heavy atom. The Kier molecular flexibility index (Phi) is 5.67. The van der Waals surface area contributed by atoms with Crippen LogP contribution in [0.4, 0.5) is 8.78 Å². The number of aryl methyl sites for hydroxylation is 1. The van der Waals surface area contributed by atoms with Gasteiger partial charge in [0.05, 0.1) is 6.61 Å². The Morgan fingerprint density at radius 2 is 1.65 bits per heavy atom. The fourth-order valence-electron chi connectivity index (χ4n) is 3.06. The van der Waals surface area contributed by atoms with Crippen LogP contribution in [0.25, 0.3) is 21.9 Å². The highest BCUT2D eigenvalue weighted by atomic mass is 19.2. The summed E-state index contributed by atoms with van der Waals surface area (Å²) in [7, 11) is 0. The summed E-state index contributed by atoms with van der Waals surface area (Å²) in [6.45, 7) is 4.46. The Balaban J connectivity index is 1.98. The molecule has 0 aliphatic rings. The molecule has 0 unspecified atom stereocenters. The first-order valence-corrected chi connectivity index (χ1v) is 8.89. The van der Waals surface area contributed by atoms with Gasteiger partial charge in [-0.15, -0.1) is 0 Å². The first kappa shape index (κ1) is 18.1. The number of hydrogen-bond acceptors (Lipinski definition) is 1. The van der Waals surface area contributed by atoms with Gasteiger partial charge in [0.25, 0.3) is 0 Å². The molecule has 0 fully saturated rings. The maximum absolute atomic E-state index is 14.6. The highest BCUT2D eigenvalue weighted by molar-refractivity contribution is 5.88. The lowest BCUT2D eigenvalue weighted by atomic mass is 9.98. The third-order valence-electron chi connectivity index (χ3n) is 4.41. The van der Waals surface area contributed by atoms with Crippen molar-refractivity contribution < 1.29 is 13.5 Å². The summed E-state index contributed by atoms with van der Waals surface area (Å²) < 4.78 is 34.5. The standard InChI is InChI=1S/C23H22F2O/c1-3-5-6-7-19-14-18-9-8-17(15-21(18)23(25)22(19)24)16-10-12-20(13-11-16)26-4-2/h3,5,8-15H,4,6-7H2,1-2H3/b5-3+. The average molecular weight is 352 g/mol. The molecule has 0 atom stereocenters. The fourth-order valence-corrected chi connectivity index (χ4v) is 3.06. The minimum absolute atomic E-state index is 0.309. The number of halogens is 2. The molecule has 0 spiro atoms. The van der Waals surface area contributed by atoms with Gasteiger partial charge in [0.15, 0.2) is 11.6 Å². The number of hydrogen-bond donors (Lipinski definition) is 0. The molecule has 0 aliphatic heterocycles. The first-order chi connectivity index (χ1) is 12.6. The molecule has 0 bridgehead atoms. The van der Waals surface area contributed by atoms with E-state index in [1.807, 2.05) is 62.4 Å². The van der Waals surface area contributed by atoms with Crippen LogP contribution in [0.2, 0.25) is 0 Å².